The lowest BCUT2D eigenvalue weighted by molar-refractivity contribution is -0.387. The fourth-order valence-corrected chi connectivity index (χ4v) is 3.21. The molecule has 0 aliphatic rings. The minimum absolute atomic E-state index is 0.0153. The zero-order valence-corrected chi connectivity index (χ0v) is 15.4. The summed E-state index contributed by atoms with van der Waals surface area (Å²) in [5, 5.41) is 21.4. The molecule has 2 heterocycles. The zero-order valence-electron chi connectivity index (χ0n) is 15.4. The van der Waals surface area contributed by atoms with Crippen LogP contribution in [0.25, 0.3) is 23.1 Å². The van der Waals surface area contributed by atoms with Crippen LogP contribution in [0.2, 0.25) is 0 Å². The number of hydrogen-bond donors (Lipinski definition) is 2. The molecule has 0 aliphatic carbocycles. The van der Waals surface area contributed by atoms with Crippen LogP contribution in [-0.4, -0.2) is 24.6 Å². The second-order valence-corrected chi connectivity index (χ2v) is 6.57. The molecule has 0 aliphatic heterocycles. The number of nitrogens with one attached hydrogen (secondary N) is 1. The number of nitro groups is 1. The van der Waals surface area contributed by atoms with Gasteiger partial charge < -0.3 is 14.7 Å². The average molecular weight is 406 g/mol. The minimum atomic E-state index is -1.04. The molecule has 0 saturated heterocycles. The van der Waals surface area contributed by atoms with Gasteiger partial charge in [-0.05, 0) is 35.9 Å². The lowest BCUT2D eigenvalue weighted by Gasteiger charge is -2.05. The van der Waals surface area contributed by atoms with E-state index in [4.69, 9.17) is 0 Å². The summed E-state index contributed by atoms with van der Waals surface area (Å²) in [6.07, 6.45) is 5.04. The molecule has 4 aromatic rings. The number of nitrogens with zero attached hydrogens (tertiary/aromatic N) is 3. The molecule has 4 rings (SSSR count). The molecule has 0 bridgehead atoms. The Morgan fingerprint density at radius 3 is 2.60 bits per heavy atom. The van der Waals surface area contributed by atoms with Gasteiger partial charge in [-0.1, -0.05) is 30.3 Å². The van der Waals surface area contributed by atoms with Crippen molar-refractivity contribution in [2.75, 3.05) is 0 Å². The predicted molar refractivity (Wildman–Crippen MR) is 110 cm³/mol. The number of hydrogen-bond acceptors (Lipinski definition) is 5. The van der Waals surface area contributed by atoms with Gasteiger partial charge in [0.25, 0.3) is 5.88 Å². The molecule has 150 valence electrons. The van der Waals surface area contributed by atoms with Crippen molar-refractivity contribution in [3.05, 3.63) is 98.0 Å². The fraction of sp³-hybridized carbons (Fsp3) is 0.0476. The molecule has 0 spiro atoms. The highest BCUT2D eigenvalue weighted by Crippen LogP contribution is 2.24. The van der Waals surface area contributed by atoms with E-state index in [9.17, 15) is 24.4 Å². The van der Waals surface area contributed by atoms with E-state index in [1.165, 1.54) is 18.2 Å². The minimum Gasteiger partial charge on any atom is -0.488 e. The largest absolute Gasteiger partial charge is 0.488 e. The van der Waals surface area contributed by atoms with Crippen molar-refractivity contribution in [1.82, 2.24) is 14.5 Å². The van der Waals surface area contributed by atoms with Crippen LogP contribution < -0.4 is 5.56 Å². The molecule has 0 amide bonds. The first-order valence-corrected chi connectivity index (χ1v) is 8.90. The Kier molecular flexibility index (Phi) is 4.85. The number of halogens is 1. The maximum Gasteiger partial charge on any atom is 0.395 e. The van der Waals surface area contributed by atoms with E-state index in [1.807, 2.05) is 35.0 Å². The summed E-state index contributed by atoms with van der Waals surface area (Å²) in [4.78, 5) is 27.5. The van der Waals surface area contributed by atoms with Crippen molar-refractivity contribution in [1.29, 1.82) is 0 Å². The van der Waals surface area contributed by atoms with Crippen molar-refractivity contribution in [2.24, 2.45) is 0 Å². The topological polar surface area (TPSA) is 114 Å². The summed E-state index contributed by atoms with van der Waals surface area (Å²) < 4.78 is 15.2. The Hall–Kier alpha value is -4.27. The van der Waals surface area contributed by atoms with Crippen LogP contribution in [-0.2, 0) is 6.54 Å². The summed E-state index contributed by atoms with van der Waals surface area (Å²) in [7, 11) is 0. The number of fused-ring (bicyclic) bond motifs is 1. The summed E-state index contributed by atoms with van der Waals surface area (Å²) in [5.41, 5.74) is 0.663. The van der Waals surface area contributed by atoms with Gasteiger partial charge in [-0.3, -0.25) is 14.9 Å². The number of H-pyrrole nitrogens is 1. The Bertz CT molecular complexity index is 1340. The maximum atomic E-state index is 13.2. The molecular formula is C21H15FN4O4. The molecule has 0 saturated carbocycles. The lowest BCUT2D eigenvalue weighted by Crippen LogP contribution is -2.14. The van der Waals surface area contributed by atoms with Gasteiger partial charge in [0.15, 0.2) is 0 Å². The molecule has 9 heteroatoms. The van der Waals surface area contributed by atoms with Gasteiger partial charge in [-0.25, -0.2) is 4.39 Å². The number of aromatic amines is 1. The monoisotopic (exact) mass is 406 g/mol. The third-order valence-corrected chi connectivity index (χ3v) is 4.58. The smallest absolute Gasteiger partial charge is 0.395 e. The van der Waals surface area contributed by atoms with E-state index in [-0.39, 0.29) is 11.6 Å². The van der Waals surface area contributed by atoms with Crippen LogP contribution in [0.5, 0.6) is 5.88 Å². The highest BCUT2D eigenvalue weighted by molar-refractivity contribution is 5.91. The van der Waals surface area contributed by atoms with Crippen molar-refractivity contribution < 1.29 is 14.4 Å². The van der Waals surface area contributed by atoms with Crippen LogP contribution in [0, 0.1) is 15.9 Å². The van der Waals surface area contributed by atoms with Gasteiger partial charge in [-0.2, -0.15) is 4.98 Å². The molecule has 8 nitrogen and oxygen atoms in total. The van der Waals surface area contributed by atoms with E-state index >= 15 is 0 Å². The van der Waals surface area contributed by atoms with Crippen LogP contribution in [0.4, 0.5) is 10.1 Å². The van der Waals surface area contributed by atoms with Crippen molar-refractivity contribution in [2.45, 2.75) is 6.54 Å². The molecule has 0 fully saturated rings. The number of aromatic hydroxyl groups is 1. The van der Waals surface area contributed by atoms with E-state index < -0.39 is 22.0 Å². The molecule has 30 heavy (non-hydrogen) atoms. The summed E-state index contributed by atoms with van der Waals surface area (Å²) in [6, 6.07) is 13.9. The molecule has 0 unspecified atom stereocenters. The average Bonchev–Trinajstić information content (AvgIpc) is 3.05. The first-order valence-electron chi connectivity index (χ1n) is 8.90. The SMILES string of the molecule is O=c1[nH]c(/C=C/c2cn(Cc3ccc(F)cc3)c3ccccc23)nc(O)c1[N+](=O)[O-]. The highest BCUT2D eigenvalue weighted by Gasteiger charge is 2.21. The molecule has 2 aromatic heterocycles. The van der Waals surface area contributed by atoms with Crippen molar-refractivity contribution in [3.63, 3.8) is 0 Å². The second kappa shape index (κ2) is 7.63. The van der Waals surface area contributed by atoms with Crippen LogP contribution in [0.1, 0.15) is 17.0 Å². The standard InChI is InChI=1S/C21H15FN4O4/c22-15-8-5-13(6-9-15)11-25-12-14(16-3-1-2-4-17(16)25)7-10-18-23-20(27)19(26(29)30)21(28)24-18/h1-10,12H,11H2,(H2,23,24,27,28)/b10-7+. The van der Waals surface area contributed by atoms with E-state index in [0.717, 1.165) is 22.0 Å². The maximum absolute atomic E-state index is 13.2. The third kappa shape index (κ3) is 3.68. The lowest BCUT2D eigenvalue weighted by atomic mass is 10.1. The zero-order chi connectivity index (χ0) is 21.3. The molecule has 0 atom stereocenters. The second-order valence-electron chi connectivity index (χ2n) is 6.57. The van der Waals surface area contributed by atoms with Crippen LogP contribution >= 0.6 is 0 Å². The van der Waals surface area contributed by atoms with Gasteiger partial charge in [-0.15, -0.1) is 0 Å². The number of para-hydroxylation sites is 1. The van der Waals surface area contributed by atoms with Crippen molar-refractivity contribution in [3.8, 4) is 5.88 Å². The van der Waals surface area contributed by atoms with Gasteiger partial charge in [0.2, 0.25) is 0 Å². The normalized spacial score (nSPS) is 11.4. The summed E-state index contributed by atoms with van der Waals surface area (Å²) >= 11 is 0. The van der Waals surface area contributed by atoms with Gasteiger partial charge in [0.1, 0.15) is 11.6 Å². The summed E-state index contributed by atoms with van der Waals surface area (Å²) in [5.74, 6) is -1.26. The van der Waals surface area contributed by atoms with E-state index in [1.54, 1.807) is 18.2 Å². The van der Waals surface area contributed by atoms with E-state index in [0.29, 0.717) is 6.54 Å². The Morgan fingerprint density at radius 1 is 1.17 bits per heavy atom. The third-order valence-electron chi connectivity index (χ3n) is 4.58. The summed E-state index contributed by atoms with van der Waals surface area (Å²) in [6.45, 7) is 0.530. The molecule has 0 radical (unpaired) electrons. The van der Waals surface area contributed by atoms with Gasteiger partial charge in [0, 0.05) is 29.2 Å². The number of benzene rings is 2. The van der Waals surface area contributed by atoms with Crippen LogP contribution in [0.15, 0.2) is 59.5 Å². The molecule has 2 N–H and O–H groups in total. The van der Waals surface area contributed by atoms with Crippen molar-refractivity contribution >= 4 is 28.7 Å². The van der Waals surface area contributed by atoms with Crippen LogP contribution in [0.3, 0.4) is 0 Å². The van der Waals surface area contributed by atoms with Gasteiger partial charge in [0.05, 0.1) is 4.92 Å². The first kappa shape index (κ1) is 19.1. The highest BCUT2D eigenvalue weighted by atomic mass is 19.1. The van der Waals surface area contributed by atoms with E-state index in [2.05, 4.69) is 9.97 Å². The Labute approximate surface area is 168 Å². The number of rotatable bonds is 5. The van der Waals surface area contributed by atoms with Gasteiger partial charge >= 0.3 is 11.2 Å². The number of aromatic nitrogens is 3. The molecular weight excluding hydrogens is 391 g/mol. The Balaban J connectivity index is 1.70. The fourth-order valence-electron chi connectivity index (χ4n) is 3.21. The first-order chi connectivity index (χ1) is 14.4. The Morgan fingerprint density at radius 2 is 1.90 bits per heavy atom. The quantitative estimate of drug-likeness (QED) is 0.387. The molecule has 2 aromatic carbocycles. The predicted octanol–water partition coefficient (Wildman–Crippen LogP) is 3.70.